The van der Waals surface area contributed by atoms with E-state index in [-0.39, 0.29) is 5.54 Å². The van der Waals surface area contributed by atoms with Crippen LogP contribution in [0, 0.1) is 6.92 Å². The van der Waals surface area contributed by atoms with E-state index in [2.05, 4.69) is 36.0 Å². The average molecular weight is 225 g/mol. The highest BCUT2D eigenvalue weighted by Crippen LogP contribution is 2.22. The molecule has 4 heteroatoms. The molecule has 0 atom stereocenters. The summed E-state index contributed by atoms with van der Waals surface area (Å²) >= 11 is 1.77. The second-order valence-corrected chi connectivity index (χ2v) is 5.71. The standard InChI is InChI=1S/C11H19N3S/c1-9-10(15-8-13-9)6-14-5-4-12-7-11(14,2)3/h8,12H,4-7H2,1-3H3. The van der Waals surface area contributed by atoms with Gasteiger partial charge in [0.1, 0.15) is 0 Å². The van der Waals surface area contributed by atoms with Gasteiger partial charge in [-0.15, -0.1) is 11.3 Å². The van der Waals surface area contributed by atoms with Crippen molar-refractivity contribution in [2.24, 2.45) is 0 Å². The van der Waals surface area contributed by atoms with E-state index in [9.17, 15) is 0 Å². The highest BCUT2D eigenvalue weighted by atomic mass is 32.1. The predicted molar refractivity (Wildman–Crippen MR) is 64.2 cm³/mol. The first-order valence-electron chi connectivity index (χ1n) is 5.44. The van der Waals surface area contributed by atoms with E-state index < -0.39 is 0 Å². The molecule has 0 unspecified atom stereocenters. The van der Waals surface area contributed by atoms with Crippen LogP contribution in [0.2, 0.25) is 0 Å². The van der Waals surface area contributed by atoms with Crippen molar-refractivity contribution in [2.45, 2.75) is 32.9 Å². The SMILES string of the molecule is Cc1ncsc1CN1CCNCC1(C)C. The highest BCUT2D eigenvalue weighted by Gasteiger charge is 2.29. The third-order valence-electron chi connectivity index (χ3n) is 3.15. The fourth-order valence-corrected chi connectivity index (χ4v) is 2.76. The van der Waals surface area contributed by atoms with Gasteiger partial charge in [0.05, 0.1) is 11.2 Å². The molecule has 84 valence electrons. The van der Waals surface area contributed by atoms with Gasteiger partial charge in [0.2, 0.25) is 0 Å². The zero-order valence-corrected chi connectivity index (χ0v) is 10.5. The molecule has 1 aromatic rings. The van der Waals surface area contributed by atoms with Crippen LogP contribution in [0.4, 0.5) is 0 Å². The maximum Gasteiger partial charge on any atom is 0.0798 e. The Morgan fingerprint density at radius 3 is 3.00 bits per heavy atom. The van der Waals surface area contributed by atoms with Crippen LogP contribution in [-0.4, -0.2) is 35.1 Å². The molecule has 0 radical (unpaired) electrons. The van der Waals surface area contributed by atoms with Crippen LogP contribution in [0.25, 0.3) is 0 Å². The Balaban J connectivity index is 2.07. The van der Waals surface area contributed by atoms with Gasteiger partial charge in [0, 0.05) is 36.6 Å². The van der Waals surface area contributed by atoms with E-state index in [1.165, 1.54) is 10.6 Å². The molecular weight excluding hydrogens is 206 g/mol. The van der Waals surface area contributed by atoms with E-state index in [1.807, 2.05) is 5.51 Å². The molecule has 0 spiro atoms. The minimum atomic E-state index is 0.259. The summed E-state index contributed by atoms with van der Waals surface area (Å²) in [5.74, 6) is 0. The van der Waals surface area contributed by atoms with E-state index in [0.29, 0.717) is 0 Å². The van der Waals surface area contributed by atoms with Crippen molar-refractivity contribution in [1.29, 1.82) is 0 Å². The molecule has 3 nitrogen and oxygen atoms in total. The maximum atomic E-state index is 4.31. The summed E-state index contributed by atoms with van der Waals surface area (Å²) < 4.78 is 0. The molecule has 0 aromatic carbocycles. The molecule has 1 aromatic heterocycles. The lowest BCUT2D eigenvalue weighted by Crippen LogP contribution is -2.57. The second kappa shape index (κ2) is 4.20. The number of nitrogens with zero attached hydrogens (tertiary/aromatic N) is 2. The average Bonchev–Trinajstić information content (AvgIpc) is 2.56. The van der Waals surface area contributed by atoms with Crippen molar-refractivity contribution in [3.63, 3.8) is 0 Å². The van der Waals surface area contributed by atoms with E-state index >= 15 is 0 Å². The molecule has 0 aliphatic carbocycles. The molecule has 1 N–H and O–H groups in total. The number of aromatic nitrogens is 1. The fraction of sp³-hybridized carbons (Fsp3) is 0.727. The lowest BCUT2D eigenvalue weighted by Gasteiger charge is -2.42. The molecule has 2 heterocycles. The molecule has 1 aliphatic heterocycles. The number of hydrogen-bond donors (Lipinski definition) is 1. The van der Waals surface area contributed by atoms with Crippen molar-refractivity contribution in [3.8, 4) is 0 Å². The number of nitrogens with one attached hydrogen (secondary N) is 1. The first-order chi connectivity index (χ1) is 7.09. The summed E-state index contributed by atoms with van der Waals surface area (Å²) in [6.45, 7) is 11.0. The Morgan fingerprint density at radius 1 is 1.60 bits per heavy atom. The van der Waals surface area contributed by atoms with Crippen LogP contribution >= 0.6 is 11.3 Å². The lowest BCUT2D eigenvalue weighted by molar-refractivity contribution is 0.0836. The summed E-state index contributed by atoms with van der Waals surface area (Å²) in [4.78, 5) is 8.26. The molecule has 1 aliphatic rings. The van der Waals surface area contributed by atoms with Crippen molar-refractivity contribution in [1.82, 2.24) is 15.2 Å². The second-order valence-electron chi connectivity index (χ2n) is 4.77. The van der Waals surface area contributed by atoms with Crippen LogP contribution in [0.5, 0.6) is 0 Å². The smallest absolute Gasteiger partial charge is 0.0798 e. The van der Waals surface area contributed by atoms with Gasteiger partial charge < -0.3 is 5.32 Å². The van der Waals surface area contributed by atoms with Crippen LogP contribution in [0.1, 0.15) is 24.4 Å². The largest absolute Gasteiger partial charge is 0.314 e. The number of thiazole rings is 1. The fourth-order valence-electron chi connectivity index (χ4n) is 1.97. The number of piperazine rings is 1. The lowest BCUT2D eigenvalue weighted by atomic mass is 10.00. The minimum absolute atomic E-state index is 0.259. The quantitative estimate of drug-likeness (QED) is 0.829. The summed E-state index contributed by atoms with van der Waals surface area (Å²) in [5.41, 5.74) is 3.39. The zero-order valence-electron chi connectivity index (χ0n) is 9.71. The van der Waals surface area contributed by atoms with Crippen molar-refractivity contribution >= 4 is 11.3 Å². The van der Waals surface area contributed by atoms with Gasteiger partial charge in [0.15, 0.2) is 0 Å². The first-order valence-corrected chi connectivity index (χ1v) is 6.32. The summed E-state index contributed by atoms with van der Waals surface area (Å²) in [6, 6.07) is 0. The molecule has 1 saturated heterocycles. The summed E-state index contributed by atoms with van der Waals surface area (Å²) in [6.07, 6.45) is 0. The first kappa shape index (κ1) is 11.0. The Labute approximate surface area is 95.5 Å². The summed E-state index contributed by atoms with van der Waals surface area (Å²) in [5, 5.41) is 3.45. The Hall–Kier alpha value is -0.450. The van der Waals surface area contributed by atoms with Gasteiger partial charge in [0.25, 0.3) is 0 Å². The predicted octanol–water partition coefficient (Wildman–Crippen LogP) is 1.64. The molecular formula is C11H19N3S. The topological polar surface area (TPSA) is 28.2 Å². The van der Waals surface area contributed by atoms with Gasteiger partial charge >= 0.3 is 0 Å². The van der Waals surface area contributed by atoms with E-state index in [0.717, 1.165) is 26.2 Å². The van der Waals surface area contributed by atoms with Crippen molar-refractivity contribution in [2.75, 3.05) is 19.6 Å². The van der Waals surface area contributed by atoms with E-state index in [4.69, 9.17) is 0 Å². The van der Waals surface area contributed by atoms with Crippen LogP contribution in [0.3, 0.4) is 0 Å². The zero-order chi connectivity index (χ0) is 10.9. The van der Waals surface area contributed by atoms with E-state index in [1.54, 1.807) is 11.3 Å². The monoisotopic (exact) mass is 225 g/mol. The normalized spacial score (nSPS) is 21.8. The maximum absolute atomic E-state index is 4.31. The minimum Gasteiger partial charge on any atom is -0.314 e. The number of rotatable bonds is 2. The molecule has 2 rings (SSSR count). The Kier molecular flexibility index (Phi) is 3.09. The Morgan fingerprint density at radius 2 is 2.40 bits per heavy atom. The van der Waals surface area contributed by atoms with Crippen LogP contribution in [0.15, 0.2) is 5.51 Å². The van der Waals surface area contributed by atoms with Gasteiger partial charge in [-0.3, -0.25) is 4.90 Å². The molecule has 0 amide bonds. The van der Waals surface area contributed by atoms with Gasteiger partial charge in [-0.05, 0) is 20.8 Å². The third kappa shape index (κ3) is 2.38. The molecule has 0 bridgehead atoms. The van der Waals surface area contributed by atoms with Crippen LogP contribution < -0.4 is 5.32 Å². The van der Waals surface area contributed by atoms with Crippen molar-refractivity contribution in [3.05, 3.63) is 16.1 Å². The van der Waals surface area contributed by atoms with Gasteiger partial charge in [-0.1, -0.05) is 0 Å². The summed E-state index contributed by atoms with van der Waals surface area (Å²) in [7, 11) is 0. The number of hydrogen-bond acceptors (Lipinski definition) is 4. The third-order valence-corrected chi connectivity index (χ3v) is 4.07. The van der Waals surface area contributed by atoms with Gasteiger partial charge in [-0.2, -0.15) is 0 Å². The van der Waals surface area contributed by atoms with Crippen molar-refractivity contribution < 1.29 is 0 Å². The molecule has 0 saturated carbocycles. The Bertz CT molecular complexity index is 332. The van der Waals surface area contributed by atoms with Gasteiger partial charge in [-0.25, -0.2) is 4.98 Å². The highest BCUT2D eigenvalue weighted by molar-refractivity contribution is 7.09. The number of aryl methyl sites for hydroxylation is 1. The molecule has 15 heavy (non-hydrogen) atoms. The molecule has 1 fully saturated rings. The van der Waals surface area contributed by atoms with Crippen LogP contribution in [-0.2, 0) is 6.54 Å².